The van der Waals surface area contributed by atoms with Crippen molar-refractivity contribution >= 4 is 17.9 Å². The van der Waals surface area contributed by atoms with E-state index < -0.39 is 23.8 Å². The van der Waals surface area contributed by atoms with Crippen LogP contribution in [-0.4, -0.2) is 53.6 Å². The third-order valence-corrected chi connectivity index (χ3v) is 6.34. The van der Waals surface area contributed by atoms with E-state index in [9.17, 15) is 14.4 Å². The van der Waals surface area contributed by atoms with Crippen LogP contribution in [0.5, 0.6) is 0 Å². The van der Waals surface area contributed by atoms with E-state index in [1.807, 2.05) is 18.2 Å². The normalized spacial score (nSPS) is 24.1. The molecule has 1 aromatic carbocycles. The standard InChI is InChI=1S/C25H38N4O4/c1-25(2,3)33-24(32)28-21(18-8-5-4-6-9-18)23(31)29-15-7-10-20(29)22(30)27-16-17-11-13-19(26)14-12-17/h4-6,8-9,17,19-21H,7,10-16,26H2,1-3H3,(H,27,30)(H,28,32)/t17?,19?,20-,21?/m0/s1. The van der Waals surface area contributed by atoms with Crippen molar-refractivity contribution in [2.24, 2.45) is 11.7 Å². The van der Waals surface area contributed by atoms with Crippen LogP contribution >= 0.6 is 0 Å². The Morgan fingerprint density at radius 3 is 2.39 bits per heavy atom. The number of ether oxygens (including phenoxy) is 1. The average molecular weight is 459 g/mol. The highest BCUT2D eigenvalue weighted by atomic mass is 16.6. The number of hydrogen-bond donors (Lipinski definition) is 3. The molecule has 0 radical (unpaired) electrons. The van der Waals surface area contributed by atoms with Gasteiger partial charge in [0.2, 0.25) is 5.91 Å². The second-order valence-corrected chi connectivity index (χ2v) is 10.2. The SMILES string of the molecule is CC(C)(C)OC(=O)NC(C(=O)N1CCC[C@H]1C(=O)NCC1CCC(N)CC1)c1ccccc1. The number of nitrogens with one attached hydrogen (secondary N) is 2. The van der Waals surface area contributed by atoms with Crippen LogP contribution in [0, 0.1) is 5.92 Å². The second kappa shape index (κ2) is 11.0. The minimum Gasteiger partial charge on any atom is -0.444 e. The van der Waals surface area contributed by atoms with E-state index >= 15 is 0 Å². The Morgan fingerprint density at radius 2 is 1.76 bits per heavy atom. The van der Waals surface area contributed by atoms with Crippen LogP contribution in [0.4, 0.5) is 4.79 Å². The van der Waals surface area contributed by atoms with E-state index in [0.29, 0.717) is 31.0 Å². The summed E-state index contributed by atoms with van der Waals surface area (Å²) in [5.74, 6) is 0.0124. The Hall–Kier alpha value is -2.61. The van der Waals surface area contributed by atoms with Gasteiger partial charge in [0.05, 0.1) is 0 Å². The number of carbonyl (C=O) groups is 3. The molecule has 1 heterocycles. The molecule has 1 aromatic rings. The van der Waals surface area contributed by atoms with Gasteiger partial charge in [-0.2, -0.15) is 0 Å². The van der Waals surface area contributed by atoms with Gasteiger partial charge in [0.25, 0.3) is 5.91 Å². The van der Waals surface area contributed by atoms with Gasteiger partial charge in [0, 0.05) is 19.1 Å². The predicted molar refractivity (Wildman–Crippen MR) is 126 cm³/mol. The van der Waals surface area contributed by atoms with Gasteiger partial charge in [0.1, 0.15) is 17.7 Å². The molecule has 2 atom stereocenters. The molecule has 1 aliphatic heterocycles. The fraction of sp³-hybridized carbons (Fsp3) is 0.640. The molecule has 1 saturated heterocycles. The molecule has 1 aliphatic carbocycles. The third kappa shape index (κ3) is 7.19. The Kier molecular flexibility index (Phi) is 8.35. The van der Waals surface area contributed by atoms with Crippen molar-refractivity contribution in [3.05, 3.63) is 35.9 Å². The van der Waals surface area contributed by atoms with Crippen LogP contribution in [0.25, 0.3) is 0 Å². The van der Waals surface area contributed by atoms with Gasteiger partial charge in [-0.25, -0.2) is 4.79 Å². The topological polar surface area (TPSA) is 114 Å². The van der Waals surface area contributed by atoms with Gasteiger partial charge in [-0.1, -0.05) is 30.3 Å². The minimum atomic E-state index is -0.922. The molecule has 33 heavy (non-hydrogen) atoms. The lowest BCUT2D eigenvalue weighted by Gasteiger charge is -2.30. The number of hydrogen-bond acceptors (Lipinski definition) is 5. The first-order valence-corrected chi connectivity index (χ1v) is 12.0. The molecule has 2 fully saturated rings. The Balaban J connectivity index is 1.67. The number of nitrogens with two attached hydrogens (primary N) is 1. The Bertz CT molecular complexity index is 815. The molecule has 8 heteroatoms. The lowest BCUT2D eigenvalue weighted by molar-refractivity contribution is -0.140. The maximum Gasteiger partial charge on any atom is 0.408 e. The lowest BCUT2D eigenvalue weighted by atomic mass is 9.86. The highest BCUT2D eigenvalue weighted by Gasteiger charge is 2.38. The van der Waals surface area contributed by atoms with Gasteiger partial charge >= 0.3 is 6.09 Å². The molecule has 0 spiro atoms. The van der Waals surface area contributed by atoms with Gasteiger partial charge in [0.15, 0.2) is 0 Å². The van der Waals surface area contributed by atoms with E-state index in [1.165, 1.54) is 0 Å². The highest BCUT2D eigenvalue weighted by molar-refractivity contribution is 5.92. The fourth-order valence-electron chi connectivity index (χ4n) is 4.58. The quantitative estimate of drug-likeness (QED) is 0.607. The van der Waals surface area contributed by atoms with Crippen molar-refractivity contribution in [2.45, 2.75) is 83.0 Å². The number of nitrogens with zero attached hydrogens (tertiary/aromatic N) is 1. The van der Waals surface area contributed by atoms with Gasteiger partial charge in [-0.15, -0.1) is 0 Å². The molecule has 1 unspecified atom stereocenters. The zero-order valence-electron chi connectivity index (χ0n) is 20.0. The molecule has 8 nitrogen and oxygen atoms in total. The van der Waals surface area contributed by atoms with Crippen molar-refractivity contribution < 1.29 is 19.1 Å². The average Bonchev–Trinajstić information content (AvgIpc) is 3.26. The summed E-state index contributed by atoms with van der Waals surface area (Å²) in [5, 5.41) is 5.78. The monoisotopic (exact) mass is 458 g/mol. The van der Waals surface area contributed by atoms with E-state index in [1.54, 1.807) is 37.8 Å². The van der Waals surface area contributed by atoms with Crippen molar-refractivity contribution in [1.82, 2.24) is 15.5 Å². The molecule has 0 bridgehead atoms. The molecule has 2 aliphatic rings. The Labute approximate surface area is 196 Å². The van der Waals surface area contributed by atoms with E-state index in [0.717, 1.165) is 32.1 Å². The first-order chi connectivity index (χ1) is 15.6. The number of alkyl carbamates (subject to hydrolysis) is 1. The summed E-state index contributed by atoms with van der Waals surface area (Å²) in [5.41, 5.74) is 5.94. The summed E-state index contributed by atoms with van der Waals surface area (Å²) in [7, 11) is 0. The summed E-state index contributed by atoms with van der Waals surface area (Å²) in [6.45, 7) is 6.41. The van der Waals surface area contributed by atoms with Gasteiger partial charge < -0.3 is 26.0 Å². The van der Waals surface area contributed by atoms with Crippen LogP contribution in [0.3, 0.4) is 0 Å². The maximum absolute atomic E-state index is 13.6. The number of benzene rings is 1. The molecule has 1 saturated carbocycles. The van der Waals surface area contributed by atoms with Crippen molar-refractivity contribution in [3.63, 3.8) is 0 Å². The molecule has 4 N–H and O–H groups in total. The Morgan fingerprint density at radius 1 is 1.09 bits per heavy atom. The van der Waals surface area contributed by atoms with Crippen LogP contribution in [0.15, 0.2) is 30.3 Å². The number of likely N-dealkylation sites (tertiary alicyclic amines) is 1. The van der Waals surface area contributed by atoms with Crippen LogP contribution < -0.4 is 16.4 Å². The zero-order valence-corrected chi connectivity index (χ0v) is 20.0. The summed E-state index contributed by atoms with van der Waals surface area (Å²) in [4.78, 5) is 40.6. The number of carbonyl (C=O) groups excluding carboxylic acids is 3. The molecule has 3 amide bonds. The van der Waals surface area contributed by atoms with Gasteiger partial charge in [-0.3, -0.25) is 9.59 Å². The second-order valence-electron chi connectivity index (χ2n) is 10.2. The summed E-state index contributed by atoms with van der Waals surface area (Å²) in [6.07, 6.45) is 4.71. The summed E-state index contributed by atoms with van der Waals surface area (Å²) in [6, 6.07) is 7.88. The minimum absolute atomic E-state index is 0.125. The number of amides is 3. The largest absolute Gasteiger partial charge is 0.444 e. The van der Waals surface area contributed by atoms with Crippen LogP contribution in [0.1, 0.15) is 70.9 Å². The third-order valence-electron chi connectivity index (χ3n) is 6.34. The first-order valence-electron chi connectivity index (χ1n) is 12.0. The van der Waals surface area contributed by atoms with Crippen molar-refractivity contribution in [1.29, 1.82) is 0 Å². The molecular weight excluding hydrogens is 420 g/mol. The predicted octanol–water partition coefficient (Wildman–Crippen LogP) is 2.88. The first kappa shape index (κ1) is 25.0. The van der Waals surface area contributed by atoms with E-state index in [2.05, 4.69) is 10.6 Å². The van der Waals surface area contributed by atoms with Crippen molar-refractivity contribution in [2.75, 3.05) is 13.1 Å². The zero-order chi connectivity index (χ0) is 24.0. The van der Waals surface area contributed by atoms with Crippen molar-refractivity contribution in [3.8, 4) is 0 Å². The molecular formula is C25H38N4O4. The molecule has 182 valence electrons. The fourth-order valence-corrected chi connectivity index (χ4v) is 4.58. The van der Waals surface area contributed by atoms with Crippen LogP contribution in [0.2, 0.25) is 0 Å². The lowest BCUT2D eigenvalue weighted by Crippen LogP contribution is -2.51. The highest BCUT2D eigenvalue weighted by Crippen LogP contribution is 2.26. The van der Waals surface area contributed by atoms with Gasteiger partial charge in [-0.05, 0) is 70.8 Å². The maximum atomic E-state index is 13.6. The van der Waals surface area contributed by atoms with Crippen LogP contribution in [-0.2, 0) is 14.3 Å². The summed E-state index contributed by atoms with van der Waals surface area (Å²) >= 11 is 0. The van der Waals surface area contributed by atoms with E-state index in [4.69, 9.17) is 10.5 Å². The number of rotatable bonds is 6. The molecule has 3 rings (SSSR count). The van der Waals surface area contributed by atoms with E-state index in [-0.39, 0.29) is 17.9 Å². The molecule has 0 aromatic heterocycles. The summed E-state index contributed by atoms with van der Waals surface area (Å²) < 4.78 is 5.38. The smallest absolute Gasteiger partial charge is 0.408 e.